The summed E-state index contributed by atoms with van der Waals surface area (Å²) in [4.78, 5) is 18.6. The fourth-order valence-electron chi connectivity index (χ4n) is 3.17. The summed E-state index contributed by atoms with van der Waals surface area (Å²) in [6, 6.07) is 15.8. The van der Waals surface area contributed by atoms with Crippen molar-refractivity contribution in [3.8, 4) is 11.4 Å². The van der Waals surface area contributed by atoms with Crippen LogP contribution in [0.15, 0.2) is 53.1 Å². The first-order valence-electron chi connectivity index (χ1n) is 8.94. The Morgan fingerprint density at radius 1 is 1.14 bits per heavy atom. The molecular formula is C20H22ClN5O2. The largest absolute Gasteiger partial charge is 0.337 e. The van der Waals surface area contributed by atoms with Crippen molar-refractivity contribution in [2.45, 2.75) is 26.1 Å². The van der Waals surface area contributed by atoms with Crippen molar-refractivity contribution in [3.05, 3.63) is 71.1 Å². The van der Waals surface area contributed by atoms with Gasteiger partial charge >= 0.3 is 6.03 Å². The molecule has 28 heavy (non-hydrogen) atoms. The fraction of sp³-hybridized carbons (Fsp3) is 0.250. The van der Waals surface area contributed by atoms with Crippen LogP contribution in [0, 0.1) is 0 Å². The van der Waals surface area contributed by atoms with E-state index in [0.29, 0.717) is 31.3 Å². The van der Waals surface area contributed by atoms with Gasteiger partial charge in [0.05, 0.1) is 6.54 Å². The topological polar surface area (TPSA) is 97.3 Å². The molecule has 0 saturated carbocycles. The quantitative estimate of drug-likeness (QED) is 0.703. The minimum absolute atomic E-state index is 0. The summed E-state index contributed by atoms with van der Waals surface area (Å²) in [5.41, 5.74) is 10.00. The molecule has 0 unspecified atom stereocenters. The zero-order chi connectivity index (χ0) is 18.6. The number of nitrogens with zero attached hydrogens (tertiary/aromatic N) is 3. The van der Waals surface area contributed by atoms with E-state index in [1.54, 1.807) is 4.90 Å². The minimum atomic E-state index is -0.128. The van der Waals surface area contributed by atoms with E-state index in [9.17, 15) is 4.79 Å². The monoisotopic (exact) mass is 399 g/mol. The molecule has 2 amide bonds. The number of hydrogen-bond acceptors (Lipinski definition) is 5. The number of benzene rings is 2. The highest BCUT2D eigenvalue weighted by Gasteiger charge is 2.20. The normalized spacial score (nSPS) is 12.8. The molecule has 7 nitrogen and oxygen atoms in total. The van der Waals surface area contributed by atoms with E-state index in [4.69, 9.17) is 10.3 Å². The van der Waals surface area contributed by atoms with E-state index < -0.39 is 0 Å². The highest BCUT2D eigenvalue weighted by molar-refractivity contribution is 5.85. The van der Waals surface area contributed by atoms with E-state index in [2.05, 4.69) is 27.6 Å². The summed E-state index contributed by atoms with van der Waals surface area (Å²) in [7, 11) is 0. The average molecular weight is 400 g/mol. The molecule has 146 valence electrons. The Hall–Kier alpha value is -2.90. The number of fused-ring (bicyclic) bond motifs is 1. The zero-order valence-electron chi connectivity index (χ0n) is 15.3. The summed E-state index contributed by atoms with van der Waals surface area (Å²) < 4.78 is 5.25. The van der Waals surface area contributed by atoms with Crippen molar-refractivity contribution in [2.24, 2.45) is 5.73 Å². The number of nitrogens with one attached hydrogen (secondary N) is 1. The van der Waals surface area contributed by atoms with Crippen molar-refractivity contribution in [3.63, 3.8) is 0 Å². The number of amides is 2. The average Bonchev–Trinajstić information content (AvgIpc) is 3.21. The number of carbonyl (C=O) groups excluding carboxylic acids is 1. The second-order valence-corrected chi connectivity index (χ2v) is 6.51. The Labute approximate surface area is 169 Å². The van der Waals surface area contributed by atoms with E-state index in [-0.39, 0.29) is 25.0 Å². The lowest BCUT2D eigenvalue weighted by Gasteiger charge is -2.28. The molecule has 8 heteroatoms. The second kappa shape index (κ2) is 8.86. The molecule has 1 aromatic heterocycles. The number of aromatic nitrogens is 2. The van der Waals surface area contributed by atoms with Crippen molar-refractivity contribution < 1.29 is 9.32 Å². The van der Waals surface area contributed by atoms with Gasteiger partial charge in [-0.3, -0.25) is 0 Å². The summed E-state index contributed by atoms with van der Waals surface area (Å²) in [6.07, 6.45) is 0.868. The molecule has 0 saturated heterocycles. The van der Waals surface area contributed by atoms with Gasteiger partial charge in [0.2, 0.25) is 11.7 Å². The highest BCUT2D eigenvalue weighted by Crippen LogP contribution is 2.19. The van der Waals surface area contributed by atoms with E-state index in [1.165, 1.54) is 11.1 Å². The van der Waals surface area contributed by atoms with Crippen LogP contribution in [0.1, 0.15) is 22.6 Å². The maximum atomic E-state index is 12.4. The van der Waals surface area contributed by atoms with Crippen LogP contribution in [0.3, 0.4) is 0 Å². The lowest BCUT2D eigenvalue weighted by atomic mass is 10.0. The van der Waals surface area contributed by atoms with Crippen LogP contribution in [-0.4, -0.2) is 27.6 Å². The van der Waals surface area contributed by atoms with Crippen molar-refractivity contribution in [2.75, 3.05) is 6.54 Å². The van der Waals surface area contributed by atoms with Gasteiger partial charge in [-0.2, -0.15) is 4.98 Å². The van der Waals surface area contributed by atoms with Crippen molar-refractivity contribution in [1.29, 1.82) is 0 Å². The first-order valence-corrected chi connectivity index (χ1v) is 8.94. The number of rotatable bonds is 4. The standard InChI is InChI=1S/C20H21N5O2.ClH/c21-11-14-5-7-16(8-6-14)19-23-18(27-24-19)12-22-20(26)25-10-9-15-3-1-2-4-17(15)13-25;/h1-8H,9-13,21H2,(H,22,26);1H. The Bertz CT molecular complexity index is 942. The van der Waals surface area contributed by atoms with Crippen LogP contribution < -0.4 is 11.1 Å². The van der Waals surface area contributed by atoms with Crippen molar-refractivity contribution in [1.82, 2.24) is 20.4 Å². The first kappa shape index (κ1) is 19.9. The summed E-state index contributed by atoms with van der Waals surface area (Å²) in [5, 5.41) is 6.84. The molecule has 0 aliphatic carbocycles. The molecule has 0 radical (unpaired) electrons. The lowest BCUT2D eigenvalue weighted by Crippen LogP contribution is -2.42. The van der Waals surface area contributed by atoms with Gasteiger partial charge in [0.25, 0.3) is 0 Å². The van der Waals surface area contributed by atoms with Gasteiger partial charge in [0.15, 0.2) is 0 Å². The molecule has 3 N–H and O–H groups in total. The highest BCUT2D eigenvalue weighted by atomic mass is 35.5. The molecule has 0 bridgehead atoms. The van der Waals surface area contributed by atoms with Gasteiger partial charge in [0.1, 0.15) is 0 Å². The van der Waals surface area contributed by atoms with E-state index >= 15 is 0 Å². The van der Waals surface area contributed by atoms with Crippen LogP contribution >= 0.6 is 12.4 Å². The summed E-state index contributed by atoms with van der Waals surface area (Å²) in [6.45, 7) is 2.01. The van der Waals surface area contributed by atoms with E-state index in [1.807, 2.05) is 36.4 Å². The number of hydrogen-bond donors (Lipinski definition) is 2. The molecular weight excluding hydrogens is 378 g/mol. The SMILES string of the molecule is Cl.NCc1ccc(-c2noc(CNC(=O)N3CCc4ccccc4C3)n2)cc1. The maximum absolute atomic E-state index is 12.4. The number of urea groups is 1. The van der Waals surface area contributed by atoms with Gasteiger partial charge in [-0.1, -0.05) is 53.7 Å². The predicted molar refractivity (Wildman–Crippen MR) is 108 cm³/mol. The van der Waals surface area contributed by atoms with Crippen molar-refractivity contribution >= 4 is 18.4 Å². The minimum Gasteiger partial charge on any atom is -0.337 e. The lowest BCUT2D eigenvalue weighted by molar-refractivity contribution is 0.190. The smallest absolute Gasteiger partial charge is 0.318 e. The third-order valence-corrected chi connectivity index (χ3v) is 4.72. The van der Waals surface area contributed by atoms with E-state index in [0.717, 1.165) is 17.5 Å². The first-order chi connectivity index (χ1) is 13.2. The van der Waals surface area contributed by atoms with Gasteiger partial charge < -0.3 is 20.5 Å². The Morgan fingerprint density at radius 3 is 2.64 bits per heavy atom. The summed E-state index contributed by atoms with van der Waals surface area (Å²) >= 11 is 0. The Kier molecular flexibility index (Phi) is 6.28. The fourth-order valence-corrected chi connectivity index (χ4v) is 3.17. The Balaban J connectivity index is 0.00000225. The second-order valence-electron chi connectivity index (χ2n) is 6.51. The third kappa shape index (κ3) is 4.32. The molecule has 4 rings (SSSR count). The van der Waals surface area contributed by atoms with Crippen LogP contribution in [0.25, 0.3) is 11.4 Å². The molecule has 0 fully saturated rings. The van der Waals surface area contributed by atoms with Gasteiger partial charge in [-0.15, -0.1) is 12.4 Å². The van der Waals surface area contributed by atoms with Gasteiger partial charge in [0, 0.05) is 25.2 Å². The Morgan fingerprint density at radius 2 is 1.89 bits per heavy atom. The van der Waals surface area contributed by atoms with Crippen LogP contribution in [0.2, 0.25) is 0 Å². The molecule has 0 atom stereocenters. The molecule has 2 aromatic carbocycles. The number of carbonyl (C=O) groups is 1. The molecule has 3 aromatic rings. The molecule has 1 aliphatic heterocycles. The predicted octanol–water partition coefficient (Wildman–Crippen LogP) is 2.89. The van der Waals surface area contributed by atoms with Crippen LogP contribution in [0.4, 0.5) is 4.79 Å². The number of nitrogens with two attached hydrogens (primary N) is 1. The molecule has 0 spiro atoms. The zero-order valence-corrected chi connectivity index (χ0v) is 16.1. The molecule has 1 aliphatic rings. The van der Waals surface area contributed by atoms with Crippen LogP contribution in [0.5, 0.6) is 0 Å². The van der Waals surface area contributed by atoms with Gasteiger partial charge in [-0.05, 0) is 23.1 Å². The third-order valence-electron chi connectivity index (χ3n) is 4.72. The van der Waals surface area contributed by atoms with Crippen LogP contribution in [-0.2, 0) is 26.1 Å². The number of halogens is 1. The molecule has 2 heterocycles. The summed E-state index contributed by atoms with van der Waals surface area (Å²) in [5.74, 6) is 0.869. The van der Waals surface area contributed by atoms with Gasteiger partial charge in [-0.25, -0.2) is 4.79 Å². The maximum Gasteiger partial charge on any atom is 0.318 e.